The van der Waals surface area contributed by atoms with Crippen molar-refractivity contribution in [3.05, 3.63) is 63.6 Å². The van der Waals surface area contributed by atoms with Gasteiger partial charge in [-0.1, -0.05) is 15.9 Å². The SMILES string of the molecule is COc1ccc(Br)cc1CNC(=O)CCNC(=O)c1ccc(F)cc1F. The van der Waals surface area contributed by atoms with Gasteiger partial charge < -0.3 is 15.4 Å². The lowest BCUT2D eigenvalue weighted by atomic mass is 10.2. The Labute approximate surface area is 157 Å². The highest BCUT2D eigenvalue weighted by molar-refractivity contribution is 9.10. The highest BCUT2D eigenvalue weighted by Crippen LogP contribution is 2.22. The first-order valence-electron chi connectivity index (χ1n) is 7.73. The van der Waals surface area contributed by atoms with Crippen LogP contribution in [0.1, 0.15) is 22.3 Å². The fourth-order valence-electron chi connectivity index (χ4n) is 2.23. The van der Waals surface area contributed by atoms with E-state index in [4.69, 9.17) is 4.74 Å². The van der Waals surface area contributed by atoms with Crippen LogP contribution in [-0.4, -0.2) is 25.5 Å². The van der Waals surface area contributed by atoms with E-state index < -0.39 is 17.5 Å². The zero-order chi connectivity index (χ0) is 19.1. The van der Waals surface area contributed by atoms with Crippen molar-refractivity contribution in [2.24, 2.45) is 0 Å². The second-order valence-electron chi connectivity index (χ2n) is 5.36. The first kappa shape index (κ1) is 19.8. The van der Waals surface area contributed by atoms with Crippen molar-refractivity contribution in [3.63, 3.8) is 0 Å². The van der Waals surface area contributed by atoms with Crippen molar-refractivity contribution in [2.45, 2.75) is 13.0 Å². The quantitative estimate of drug-likeness (QED) is 0.714. The van der Waals surface area contributed by atoms with Gasteiger partial charge in [-0.25, -0.2) is 8.78 Å². The van der Waals surface area contributed by atoms with Gasteiger partial charge in [0.25, 0.3) is 5.91 Å². The van der Waals surface area contributed by atoms with Gasteiger partial charge in [-0.05, 0) is 30.3 Å². The van der Waals surface area contributed by atoms with Gasteiger partial charge in [-0.3, -0.25) is 9.59 Å². The summed E-state index contributed by atoms with van der Waals surface area (Å²) in [5, 5.41) is 5.14. The van der Waals surface area contributed by atoms with E-state index in [1.807, 2.05) is 12.1 Å². The molecule has 5 nitrogen and oxygen atoms in total. The minimum absolute atomic E-state index is 0.0187. The smallest absolute Gasteiger partial charge is 0.254 e. The van der Waals surface area contributed by atoms with Crippen molar-refractivity contribution < 1.29 is 23.1 Å². The van der Waals surface area contributed by atoms with Gasteiger partial charge in [0, 0.05) is 35.6 Å². The van der Waals surface area contributed by atoms with Crippen LogP contribution in [0.3, 0.4) is 0 Å². The minimum atomic E-state index is -0.950. The summed E-state index contributed by atoms with van der Waals surface area (Å²) in [6.07, 6.45) is 0.0187. The van der Waals surface area contributed by atoms with Crippen molar-refractivity contribution in [3.8, 4) is 5.75 Å². The molecule has 2 aromatic carbocycles. The van der Waals surface area contributed by atoms with E-state index in [9.17, 15) is 18.4 Å². The standard InChI is InChI=1S/C18H17BrF2N2O3/c1-26-16-5-2-12(19)8-11(16)10-23-17(24)6-7-22-18(25)14-4-3-13(20)9-15(14)21/h2-5,8-9H,6-7,10H2,1H3,(H,22,25)(H,23,24). The number of carbonyl (C=O) groups is 2. The summed E-state index contributed by atoms with van der Waals surface area (Å²) in [7, 11) is 1.54. The zero-order valence-electron chi connectivity index (χ0n) is 13.9. The van der Waals surface area contributed by atoms with Crippen LogP contribution in [0.2, 0.25) is 0 Å². The Morgan fingerprint density at radius 3 is 2.58 bits per heavy atom. The second kappa shape index (κ2) is 9.28. The zero-order valence-corrected chi connectivity index (χ0v) is 15.5. The van der Waals surface area contributed by atoms with Crippen molar-refractivity contribution in [2.75, 3.05) is 13.7 Å². The molecule has 0 radical (unpaired) electrons. The number of nitrogens with one attached hydrogen (secondary N) is 2. The predicted octanol–water partition coefficient (Wildman–Crippen LogP) is 3.17. The van der Waals surface area contributed by atoms with Gasteiger partial charge in [0.2, 0.25) is 5.91 Å². The normalized spacial score (nSPS) is 10.3. The van der Waals surface area contributed by atoms with E-state index in [1.165, 1.54) is 0 Å². The maximum absolute atomic E-state index is 13.5. The molecule has 8 heteroatoms. The number of methoxy groups -OCH3 is 1. The van der Waals surface area contributed by atoms with E-state index in [2.05, 4.69) is 26.6 Å². The molecular weight excluding hydrogens is 410 g/mol. The molecule has 26 heavy (non-hydrogen) atoms. The van der Waals surface area contributed by atoms with E-state index in [-0.39, 0.29) is 31.0 Å². The molecule has 0 aliphatic carbocycles. The molecule has 0 aliphatic rings. The topological polar surface area (TPSA) is 67.4 Å². The number of hydrogen-bond donors (Lipinski definition) is 2. The fraction of sp³-hybridized carbons (Fsp3) is 0.222. The predicted molar refractivity (Wildman–Crippen MR) is 95.8 cm³/mol. The van der Waals surface area contributed by atoms with Crippen LogP contribution >= 0.6 is 15.9 Å². The molecule has 0 fully saturated rings. The number of carbonyl (C=O) groups excluding carboxylic acids is 2. The number of benzene rings is 2. The Bertz CT molecular complexity index is 815. The van der Waals surface area contributed by atoms with Gasteiger partial charge in [0.15, 0.2) is 0 Å². The molecule has 2 N–H and O–H groups in total. The summed E-state index contributed by atoms with van der Waals surface area (Å²) >= 11 is 3.35. The molecule has 0 saturated heterocycles. The molecule has 2 rings (SSSR count). The highest BCUT2D eigenvalue weighted by Gasteiger charge is 2.13. The first-order valence-corrected chi connectivity index (χ1v) is 8.52. The molecule has 2 amide bonds. The summed E-state index contributed by atoms with van der Waals surface area (Å²) in [5.41, 5.74) is 0.526. The lowest BCUT2D eigenvalue weighted by Crippen LogP contribution is -2.31. The molecule has 2 aromatic rings. The van der Waals surface area contributed by atoms with Gasteiger partial charge in [-0.15, -0.1) is 0 Å². The minimum Gasteiger partial charge on any atom is -0.496 e. The van der Waals surface area contributed by atoms with Crippen LogP contribution in [0.4, 0.5) is 8.78 Å². The van der Waals surface area contributed by atoms with E-state index in [0.717, 1.165) is 22.2 Å². The van der Waals surface area contributed by atoms with Crippen LogP contribution in [0.15, 0.2) is 40.9 Å². The van der Waals surface area contributed by atoms with Crippen LogP contribution in [-0.2, 0) is 11.3 Å². The Hall–Kier alpha value is -2.48. The largest absolute Gasteiger partial charge is 0.496 e. The number of hydrogen-bond acceptors (Lipinski definition) is 3. The molecule has 0 unspecified atom stereocenters. The Morgan fingerprint density at radius 2 is 1.88 bits per heavy atom. The Kier molecular flexibility index (Phi) is 7.08. The van der Waals surface area contributed by atoms with Crippen molar-refractivity contribution in [1.82, 2.24) is 10.6 Å². The summed E-state index contributed by atoms with van der Waals surface area (Å²) in [6, 6.07) is 8.12. The second-order valence-corrected chi connectivity index (χ2v) is 6.28. The molecule has 0 heterocycles. The number of ether oxygens (including phenoxy) is 1. The molecule has 138 valence electrons. The van der Waals surface area contributed by atoms with E-state index in [1.54, 1.807) is 13.2 Å². The van der Waals surface area contributed by atoms with Crippen molar-refractivity contribution in [1.29, 1.82) is 0 Å². The average Bonchev–Trinajstić information content (AvgIpc) is 2.60. The maximum Gasteiger partial charge on any atom is 0.254 e. The van der Waals surface area contributed by atoms with Crippen LogP contribution in [0.25, 0.3) is 0 Å². The lowest BCUT2D eigenvalue weighted by molar-refractivity contribution is -0.121. The molecule has 0 atom stereocenters. The summed E-state index contributed by atoms with van der Waals surface area (Å²) < 4.78 is 32.4. The highest BCUT2D eigenvalue weighted by atomic mass is 79.9. The van der Waals surface area contributed by atoms with Crippen LogP contribution in [0.5, 0.6) is 5.75 Å². The monoisotopic (exact) mass is 426 g/mol. The Balaban J connectivity index is 1.80. The molecule has 0 bridgehead atoms. The third kappa shape index (κ3) is 5.52. The molecule has 0 saturated carbocycles. The van der Waals surface area contributed by atoms with Gasteiger partial charge in [0.05, 0.1) is 12.7 Å². The maximum atomic E-state index is 13.5. The molecular formula is C18H17BrF2N2O3. The molecule has 0 spiro atoms. The van der Waals surface area contributed by atoms with E-state index in [0.29, 0.717) is 11.8 Å². The number of halogens is 3. The molecule has 0 aromatic heterocycles. The lowest BCUT2D eigenvalue weighted by Gasteiger charge is -2.11. The van der Waals surface area contributed by atoms with Gasteiger partial charge in [-0.2, -0.15) is 0 Å². The third-order valence-corrected chi connectivity index (χ3v) is 4.03. The third-order valence-electron chi connectivity index (χ3n) is 3.53. The first-order chi connectivity index (χ1) is 12.4. The van der Waals surface area contributed by atoms with Gasteiger partial charge in [0.1, 0.15) is 17.4 Å². The van der Waals surface area contributed by atoms with E-state index >= 15 is 0 Å². The number of rotatable bonds is 7. The Morgan fingerprint density at radius 1 is 1.12 bits per heavy atom. The summed E-state index contributed by atoms with van der Waals surface area (Å²) in [6.45, 7) is 0.291. The van der Waals surface area contributed by atoms with Crippen LogP contribution in [0, 0.1) is 11.6 Å². The summed E-state index contributed by atoms with van der Waals surface area (Å²) in [5.74, 6) is -2.06. The summed E-state index contributed by atoms with van der Waals surface area (Å²) in [4.78, 5) is 23.7. The van der Waals surface area contributed by atoms with Gasteiger partial charge >= 0.3 is 0 Å². The average molecular weight is 427 g/mol. The number of amides is 2. The fourth-order valence-corrected chi connectivity index (χ4v) is 2.63. The van der Waals surface area contributed by atoms with Crippen LogP contribution < -0.4 is 15.4 Å². The molecule has 0 aliphatic heterocycles. The van der Waals surface area contributed by atoms with Crippen molar-refractivity contribution >= 4 is 27.7 Å².